The fraction of sp³-hybridized carbons (Fsp3) is 0.348. The number of esters is 1. The fourth-order valence-corrected chi connectivity index (χ4v) is 5.07. The smallest absolute Gasteiger partial charge is 0.308 e. The second-order valence-electron chi connectivity index (χ2n) is 7.48. The molecule has 1 aromatic heterocycles. The summed E-state index contributed by atoms with van der Waals surface area (Å²) in [6, 6.07) is 14.1. The molecule has 1 unspecified atom stereocenters. The number of hydrogen-bond acceptors (Lipinski definition) is 6. The van der Waals surface area contributed by atoms with E-state index in [1.165, 1.54) is 18.7 Å². The van der Waals surface area contributed by atoms with Crippen LogP contribution in [0.5, 0.6) is 5.75 Å². The lowest BCUT2D eigenvalue weighted by molar-refractivity contribution is -0.131. The Balaban J connectivity index is 1.95. The van der Waals surface area contributed by atoms with Gasteiger partial charge in [-0.1, -0.05) is 49.9 Å². The standard InChI is InChI=1S/C23H26N2O3S2/c1-14(2)23(21-11-18(24-25(21)5)13-29-16(4)27)30-19-10-17-8-6-7-9-20(17)22(12-19)28-15(3)26/h6-12,14,23H,13H2,1-5H3. The van der Waals surface area contributed by atoms with Crippen molar-refractivity contribution < 1.29 is 14.3 Å². The number of fused-ring (bicyclic) bond motifs is 1. The molecule has 0 aliphatic heterocycles. The minimum Gasteiger partial charge on any atom is -0.426 e. The maximum absolute atomic E-state index is 11.6. The third-order valence-corrected chi connectivity index (χ3v) is 7.00. The lowest BCUT2D eigenvalue weighted by atomic mass is 10.1. The Kier molecular flexibility index (Phi) is 7.26. The monoisotopic (exact) mass is 442 g/mol. The first-order chi connectivity index (χ1) is 14.2. The molecule has 0 amide bonds. The number of hydrogen-bond donors (Lipinski definition) is 0. The van der Waals surface area contributed by atoms with Crippen LogP contribution in [0.3, 0.4) is 0 Å². The quantitative estimate of drug-likeness (QED) is 0.263. The molecule has 3 rings (SSSR count). The van der Waals surface area contributed by atoms with Crippen LogP contribution >= 0.6 is 23.5 Å². The number of carbonyl (C=O) groups excluding carboxylic acids is 2. The van der Waals surface area contributed by atoms with Gasteiger partial charge in [0.1, 0.15) is 5.75 Å². The van der Waals surface area contributed by atoms with Crippen molar-refractivity contribution in [3.8, 4) is 5.75 Å². The van der Waals surface area contributed by atoms with Crippen molar-refractivity contribution in [1.29, 1.82) is 0 Å². The van der Waals surface area contributed by atoms with Crippen molar-refractivity contribution >= 4 is 45.4 Å². The number of thioether (sulfide) groups is 2. The zero-order valence-electron chi connectivity index (χ0n) is 17.8. The molecule has 0 radical (unpaired) electrons. The molecule has 158 valence electrons. The van der Waals surface area contributed by atoms with Gasteiger partial charge in [-0.15, -0.1) is 11.8 Å². The van der Waals surface area contributed by atoms with Crippen molar-refractivity contribution in [2.45, 2.75) is 43.6 Å². The van der Waals surface area contributed by atoms with Crippen LogP contribution in [0.15, 0.2) is 47.4 Å². The van der Waals surface area contributed by atoms with Crippen molar-refractivity contribution in [1.82, 2.24) is 9.78 Å². The van der Waals surface area contributed by atoms with E-state index in [1.807, 2.05) is 42.1 Å². The SMILES string of the molecule is CC(=O)Oc1cc(SC(c2cc(CSC(C)=O)nn2C)C(C)C)cc2ccccc12. The number of aromatic nitrogens is 2. The van der Waals surface area contributed by atoms with Gasteiger partial charge in [-0.25, -0.2) is 0 Å². The Labute approximate surface area is 185 Å². The summed E-state index contributed by atoms with van der Waals surface area (Å²) in [5.41, 5.74) is 2.01. The van der Waals surface area contributed by atoms with Gasteiger partial charge in [0.05, 0.1) is 16.6 Å². The van der Waals surface area contributed by atoms with E-state index in [2.05, 4.69) is 31.1 Å². The number of nitrogens with zero attached hydrogens (tertiary/aromatic N) is 2. The van der Waals surface area contributed by atoms with E-state index in [4.69, 9.17) is 4.74 Å². The zero-order chi connectivity index (χ0) is 21.8. The van der Waals surface area contributed by atoms with E-state index < -0.39 is 0 Å². The Morgan fingerprint density at radius 3 is 2.53 bits per heavy atom. The number of carbonyl (C=O) groups is 2. The summed E-state index contributed by atoms with van der Waals surface area (Å²) in [4.78, 5) is 23.9. The number of aryl methyl sites for hydroxylation is 1. The largest absolute Gasteiger partial charge is 0.426 e. The van der Waals surface area contributed by atoms with Crippen LogP contribution in [0.2, 0.25) is 0 Å². The van der Waals surface area contributed by atoms with E-state index in [0.717, 1.165) is 27.1 Å². The summed E-state index contributed by atoms with van der Waals surface area (Å²) in [5.74, 6) is 1.17. The Morgan fingerprint density at radius 1 is 1.13 bits per heavy atom. The molecule has 5 nitrogen and oxygen atoms in total. The van der Waals surface area contributed by atoms with Gasteiger partial charge in [0, 0.05) is 36.9 Å². The summed E-state index contributed by atoms with van der Waals surface area (Å²) in [7, 11) is 1.94. The molecule has 0 aliphatic rings. The molecule has 0 saturated heterocycles. The highest BCUT2D eigenvalue weighted by Gasteiger charge is 2.23. The third kappa shape index (κ3) is 5.46. The fourth-order valence-electron chi connectivity index (χ4n) is 3.30. The Hall–Kier alpha value is -2.25. The molecule has 1 heterocycles. The molecule has 0 N–H and O–H groups in total. The first-order valence-corrected chi connectivity index (χ1v) is 11.6. The maximum Gasteiger partial charge on any atom is 0.308 e. The highest BCUT2D eigenvalue weighted by Crippen LogP contribution is 2.43. The van der Waals surface area contributed by atoms with Gasteiger partial charge in [-0.2, -0.15) is 5.10 Å². The van der Waals surface area contributed by atoms with Crippen LogP contribution in [0.4, 0.5) is 0 Å². The molecule has 30 heavy (non-hydrogen) atoms. The first kappa shape index (κ1) is 22.4. The molecular formula is C23H26N2O3S2. The van der Waals surface area contributed by atoms with Gasteiger partial charge < -0.3 is 4.74 Å². The molecule has 0 bridgehead atoms. The van der Waals surface area contributed by atoms with Crippen molar-refractivity contribution in [2.75, 3.05) is 0 Å². The predicted octanol–water partition coefficient (Wildman–Crippen LogP) is 5.77. The van der Waals surface area contributed by atoms with Crippen LogP contribution in [-0.2, 0) is 22.4 Å². The number of rotatable bonds is 7. The van der Waals surface area contributed by atoms with Gasteiger partial charge in [0.25, 0.3) is 0 Å². The minimum absolute atomic E-state index is 0.0890. The van der Waals surface area contributed by atoms with Gasteiger partial charge in [0.15, 0.2) is 5.12 Å². The minimum atomic E-state index is -0.332. The molecule has 1 atom stereocenters. The predicted molar refractivity (Wildman–Crippen MR) is 124 cm³/mol. The van der Waals surface area contributed by atoms with E-state index in [0.29, 0.717) is 17.4 Å². The van der Waals surface area contributed by atoms with Crippen LogP contribution in [0.25, 0.3) is 10.8 Å². The van der Waals surface area contributed by atoms with Crippen LogP contribution in [0.1, 0.15) is 44.3 Å². The van der Waals surface area contributed by atoms with Crippen molar-refractivity contribution in [3.05, 3.63) is 53.9 Å². The Bertz CT molecular complexity index is 1080. The zero-order valence-corrected chi connectivity index (χ0v) is 19.5. The van der Waals surface area contributed by atoms with Gasteiger partial charge in [-0.05, 0) is 29.5 Å². The molecule has 2 aromatic carbocycles. The van der Waals surface area contributed by atoms with E-state index in [9.17, 15) is 9.59 Å². The first-order valence-electron chi connectivity index (χ1n) is 9.78. The van der Waals surface area contributed by atoms with E-state index in [-0.39, 0.29) is 16.3 Å². The van der Waals surface area contributed by atoms with Crippen LogP contribution < -0.4 is 4.74 Å². The second-order valence-corrected chi connectivity index (χ2v) is 9.85. The highest BCUT2D eigenvalue weighted by atomic mass is 32.2. The lowest BCUT2D eigenvalue weighted by Gasteiger charge is -2.21. The van der Waals surface area contributed by atoms with Gasteiger partial charge >= 0.3 is 5.97 Å². The summed E-state index contributed by atoms with van der Waals surface area (Å²) in [5, 5.41) is 6.79. The summed E-state index contributed by atoms with van der Waals surface area (Å²) in [6.45, 7) is 7.36. The molecule has 0 saturated carbocycles. The van der Waals surface area contributed by atoms with Gasteiger partial charge in [0.2, 0.25) is 0 Å². The highest BCUT2D eigenvalue weighted by molar-refractivity contribution is 8.12. The molecule has 0 fully saturated rings. The van der Waals surface area contributed by atoms with E-state index in [1.54, 1.807) is 18.7 Å². The van der Waals surface area contributed by atoms with Crippen LogP contribution in [-0.4, -0.2) is 20.9 Å². The van der Waals surface area contributed by atoms with E-state index >= 15 is 0 Å². The number of ether oxygens (including phenoxy) is 1. The van der Waals surface area contributed by atoms with Crippen molar-refractivity contribution in [3.63, 3.8) is 0 Å². The summed E-state index contributed by atoms with van der Waals surface area (Å²) in [6.07, 6.45) is 0. The van der Waals surface area contributed by atoms with Crippen LogP contribution in [0, 0.1) is 5.92 Å². The average Bonchev–Trinajstić information content (AvgIpc) is 3.04. The summed E-state index contributed by atoms with van der Waals surface area (Å²) >= 11 is 3.00. The third-order valence-electron chi connectivity index (χ3n) is 4.60. The molecule has 0 aliphatic carbocycles. The molecule has 0 spiro atoms. The topological polar surface area (TPSA) is 61.2 Å². The summed E-state index contributed by atoms with van der Waals surface area (Å²) < 4.78 is 7.40. The number of benzene rings is 2. The lowest BCUT2D eigenvalue weighted by Crippen LogP contribution is -2.08. The normalized spacial score (nSPS) is 12.3. The molecule has 3 aromatic rings. The molecule has 7 heteroatoms. The molecular weight excluding hydrogens is 416 g/mol. The Morgan fingerprint density at radius 2 is 1.87 bits per heavy atom. The maximum atomic E-state index is 11.6. The van der Waals surface area contributed by atoms with Gasteiger partial charge in [-0.3, -0.25) is 14.3 Å². The second kappa shape index (κ2) is 9.71. The van der Waals surface area contributed by atoms with Crippen molar-refractivity contribution in [2.24, 2.45) is 13.0 Å². The average molecular weight is 443 g/mol.